The Morgan fingerprint density at radius 3 is 1.32 bits per heavy atom. The highest BCUT2D eigenvalue weighted by Crippen LogP contribution is 2.42. The number of allylic oxidation sites excluding steroid dienone is 6. The lowest BCUT2D eigenvalue weighted by Gasteiger charge is -2.32. The third-order valence-electron chi connectivity index (χ3n) is 13.4. The van der Waals surface area contributed by atoms with Gasteiger partial charge in [-0.05, 0) is 155 Å². The van der Waals surface area contributed by atoms with Gasteiger partial charge in [0.2, 0.25) is 0 Å². The molecule has 0 N–H and O–H groups in total. The number of carbonyl (C=O) groups is 1. The number of anilines is 4. The van der Waals surface area contributed by atoms with Crippen LogP contribution in [0.25, 0.3) is 47.3 Å². The van der Waals surface area contributed by atoms with Crippen molar-refractivity contribution in [2.45, 2.75) is 25.7 Å². The number of carbonyl (C=O) groups excluding carboxylic acids is 1. The molecular formula is C64H56N2O4S2. The zero-order valence-corrected chi connectivity index (χ0v) is 42.2. The van der Waals surface area contributed by atoms with Gasteiger partial charge in [0.1, 0.15) is 6.61 Å². The predicted molar refractivity (Wildman–Crippen MR) is 301 cm³/mol. The minimum absolute atomic E-state index is 0.202. The molecule has 8 aromatic rings. The highest BCUT2D eigenvalue weighted by molar-refractivity contribution is 7.19. The van der Waals surface area contributed by atoms with Gasteiger partial charge in [-0.3, -0.25) is 4.79 Å². The normalized spacial score (nSPS) is 15.1. The van der Waals surface area contributed by atoms with E-state index in [1.807, 2.05) is 22.7 Å². The Balaban J connectivity index is 0.878. The minimum Gasteiger partial charge on any atom is -0.469 e. The summed E-state index contributed by atoms with van der Waals surface area (Å²) in [5.74, 6) is 0.473. The average molecular weight is 981 g/mol. The number of hydrogen-bond donors (Lipinski definition) is 0. The Morgan fingerprint density at radius 2 is 0.931 bits per heavy atom. The molecule has 6 aromatic carbocycles. The first-order valence-electron chi connectivity index (χ1n) is 24.4. The molecule has 6 nitrogen and oxygen atoms in total. The summed E-state index contributed by atoms with van der Waals surface area (Å²) < 4.78 is 4.91. The van der Waals surface area contributed by atoms with Crippen LogP contribution in [-0.4, -0.2) is 26.8 Å². The lowest BCUT2D eigenvalue weighted by molar-refractivity contribution is -0.261. The van der Waals surface area contributed by atoms with Crippen LogP contribution in [0.4, 0.5) is 22.7 Å². The first-order chi connectivity index (χ1) is 35.4. The molecule has 0 amide bonds. The predicted octanol–water partition coefficient (Wildman–Crippen LogP) is 17.1. The molecule has 0 saturated carbocycles. The van der Waals surface area contributed by atoms with Crippen LogP contribution in [0, 0.1) is 11.8 Å². The standard InChI is InChI=1S/C64H56N2O4S2/c1-45(44-70-69-3)47-17-29-55(30-18-47)66(59-37-25-53(26-38-59)63-42-40-61(72-63)51-12-8-5-9-13-51)57-33-21-49(22-34-57)48-19-31-56(32-20-48)65(54-27-14-46(15-28-54)16-43-64(67)68-2)58-35-23-52(24-36-58)62-41-39-60(71-62)50-10-6-4-7-11-50/h4-15,17-19,21,23-42,48-49H,1,16,20,22,43-44H2,2-3H3. The van der Waals surface area contributed by atoms with Gasteiger partial charge in [0.05, 0.1) is 14.2 Å². The summed E-state index contributed by atoms with van der Waals surface area (Å²) in [6.45, 7) is 4.51. The van der Waals surface area contributed by atoms with Crippen LogP contribution in [-0.2, 0) is 25.7 Å². The van der Waals surface area contributed by atoms with Crippen LogP contribution in [0.2, 0.25) is 0 Å². The summed E-state index contributed by atoms with van der Waals surface area (Å²) in [5.41, 5.74) is 14.4. The van der Waals surface area contributed by atoms with Gasteiger partial charge in [0, 0.05) is 60.1 Å². The van der Waals surface area contributed by atoms with E-state index >= 15 is 0 Å². The average Bonchev–Trinajstić information content (AvgIpc) is 4.16. The van der Waals surface area contributed by atoms with E-state index in [1.54, 1.807) is 0 Å². The number of methoxy groups -OCH3 is 1. The molecule has 2 aromatic heterocycles. The largest absolute Gasteiger partial charge is 0.469 e. The number of thiophene rings is 2. The van der Waals surface area contributed by atoms with E-state index in [-0.39, 0.29) is 5.97 Å². The zero-order chi connectivity index (χ0) is 49.2. The molecule has 2 atom stereocenters. The number of nitrogens with zero attached hydrogens (tertiary/aromatic N) is 2. The molecule has 72 heavy (non-hydrogen) atoms. The fourth-order valence-electron chi connectivity index (χ4n) is 9.38. The second-order valence-electron chi connectivity index (χ2n) is 17.9. The van der Waals surface area contributed by atoms with Crippen molar-refractivity contribution in [3.63, 3.8) is 0 Å². The second kappa shape index (κ2) is 22.7. The molecular weight excluding hydrogens is 925 g/mol. The fourth-order valence-corrected chi connectivity index (χ4v) is 11.4. The van der Waals surface area contributed by atoms with Crippen LogP contribution in [0.5, 0.6) is 0 Å². The molecule has 0 spiro atoms. The topological polar surface area (TPSA) is 51.2 Å². The van der Waals surface area contributed by atoms with Gasteiger partial charge in [0.25, 0.3) is 0 Å². The summed E-state index contributed by atoms with van der Waals surface area (Å²) in [6, 6.07) is 64.9. The quantitative estimate of drug-likeness (QED) is 0.0485. The van der Waals surface area contributed by atoms with Crippen molar-refractivity contribution < 1.29 is 19.3 Å². The van der Waals surface area contributed by atoms with Crippen LogP contribution in [0.1, 0.15) is 30.4 Å². The molecule has 0 aliphatic heterocycles. The van der Waals surface area contributed by atoms with E-state index in [4.69, 9.17) is 14.5 Å². The monoisotopic (exact) mass is 980 g/mol. The minimum atomic E-state index is -0.202. The van der Waals surface area contributed by atoms with E-state index in [0.29, 0.717) is 31.3 Å². The van der Waals surface area contributed by atoms with Crippen LogP contribution < -0.4 is 9.80 Å². The van der Waals surface area contributed by atoms with Gasteiger partial charge in [-0.2, -0.15) is 0 Å². The van der Waals surface area contributed by atoms with Crippen LogP contribution >= 0.6 is 22.7 Å². The number of rotatable bonds is 18. The van der Waals surface area contributed by atoms with E-state index in [2.05, 4.69) is 235 Å². The van der Waals surface area contributed by atoms with Crippen molar-refractivity contribution in [2.75, 3.05) is 30.6 Å². The van der Waals surface area contributed by atoms with Crippen molar-refractivity contribution in [1.29, 1.82) is 0 Å². The molecule has 358 valence electrons. The molecule has 2 aliphatic carbocycles. The van der Waals surface area contributed by atoms with E-state index in [1.165, 1.54) is 56.0 Å². The van der Waals surface area contributed by atoms with Crippen LogP contribution in [0.3, 0.4) is 0 Å². The third-order valence-corrected chi connectivity index (χ3v) is 15.7. The first-order valence-corrected chi connectivity index (χ1v) is 26.0. The second-order valence-corrected chi connectivity index (χ2v) is 20.1. The van der Waals surface area contributed by atoms with Gasteiger partial charge >= 0.3 is 5.97 Å². The molecule has 0 saturated heterocycles. The van der Waals surface area contributed by atoms with E-state index in [9.17, 15) is 4.79 Å². The molecule has 0 bridgehead atoms. The summed E-state index contributed by atoms with van der Waals surface area (Å²) in [5, 5.41) is 0. The maximum Gasteiger partial charge on any atom is 0.305 e. The first kappa shape index (κ1) is 48.1. The van der Waals surface area contributed by atoms with E-state index < -0.39 is 0 Å². The smallest absolute Gasteiger partial charge is 0.305 e. The fraction of sp³-hybridized carbons (Fsp3) is 0.141. The molecule has 2 aliphatic rings. The Morgan fingerprint density at radius 1 is 0.528 bits per heavy atom. The molecule has 10 rings (SSSR count). The summed E-state index contributed by atoms with van der Waals surface area (Å²) >= 11 is 3.63. The molecule has 0 radical (unpaired) electrons. The van der Waals surface area contributed by atoms with Crippen molar-refractivity contribution in [3.8, 4) is 41.8 Å². The van der Waals surface area contributed by atoms with Crippen molar-refractivity contribution in [3.05, 3.63) is 248 Å². The van der Waals surface area contributed by atoms with Gasteiger partial charge in [-0.25, -0.2) is 9.78 Å². The lowest BCUT2D eigenvalue weighted by Crippen LogP contribution is -2.22. The maximum atomic E-state index is 11.9. The highest BCUT2D eigenvalue weighted by atomic mass is 32.1. The Kier molecular flexibility index (Phi) is 15.1. The Labute approximate surface area is 431 Å². The molecule has 2 heterocycles. The third kappa shape index (κ3) is 11.1. The zero-order valence-electron chi connectivity index (χ0n) is 40.5. The van der Waals surface area contributed by atoms with Crippen molar-refractivity contribution in [2.24, 2.45) is 11.8 Å². The molecule has 2 unspecified atom stereocenters. The van der Waals surface area contributed by atoms with E-state index in [0.717, 1.165) is 63.7 Å². The van der Waals surface area contributed by atoms with Gasteiger partial charge in [-0.1, -0.05) is 140 Å². The maximum absolute atomic E-state index is 11.9. The van der Waals surface area contributed by atoms with Gasteiger partial charge in [-0.15, -0.1) is 22.7 Å². The SMILES string of the molecule is C=C(COOC)c1ccc(N(C2=CCC(C3C=CC(N(c4ccc(CCC(=O)OC)cc4)c4ccc(-c5ccc(-c6ccccc6)s5)cc4)=CC3)C=C2)c2ccc(-c3ccc(-c4ccccc4)s3)cc2)cc1. The Bertz CT molecular complexity index is 3240. The highest BCUT2D eigenvalue weighted by Gasteiger charge is 2.25. The van der Waals surface area contributed by atoms with Crippen LogP contribution in [0.15, 0.2) is 236 Å². The van der Waals surface area contributed by atoms with Crippen molar-refractivity contribution >= 4 is 57.0 Å². The van der Waals surface area contributed by atoms with Gasteiger partial charge < -0.3 is 14.5 Å². The molecule has 8 heteroatoms. The van der Waals surface area contributed by atoms with Crippen molar-refractivity contribution in [1.82, 2.24) is 0 Å². The van der Waals surface area contributed by atoms with Gasteiger partial charge in [0.15, 0.2) is 0 Å². The number of esters is 1. The number of ether oxygens (including phenoxy) is 1. The summed E-state index contributed by atoms with van der Waals surface area (Å²) in [7, 11) is 2.95. The number of benzene rings is 6. The summed E-state index contributed by atoms with van der Waals surface area (Å²) in [6.07, 6.45) is 17.0. The number of aryl methyl sites for hydroxylation is 1. The molecule has 0 fully saturated rings. The Hall–Kier alpha value is -7.59. The summed E-state index contributed by atoms with van der Waals surface area (Å²) in [4.78, 5) is 31.6. The lowest BCUT2D eigenvalue weighted by atomic mass is 9.81. The number of hydrogen-bond acceptors (Lipinski definition) is 8.